The Morgan fingerprint density at radius 3 is 1.19 bits per heavy atom. The van der Waals surface area contributed by atoms with E-state index in [1.165, 1.54) is 123 Å². The van der Waals surface area contributed by atoms with E-state index in [1.807, 2.05) is 21.1 Å². The number of piperidine rings is 1. The van der Waals surface area contributed by atoms with Crippen LogP contribution in [-0.2, 0) is 0 Å². The van der Waals surface area contributed by atoms with Gasteiger partial charge in [-0.25, -0.2) is 5.01 Å². The van der Waals surface area contributed by atoms with Gasteiger partial charge in [0.2, 0.25) is 0 Å². The van der Waals surface area contributed by atoms with Crippen LogP contribution >= 0.6 is 0 Å². The smallest absolute Gasteiger partial charge is 0.0319 e. The molecule has 1 unspecified atom stereocenters. The summed E-state index contributed by atoms with van der Waals surface area (Å²) >= 11 is 0. The zero-order valence-corrected chi connectivity index (χ0v) is 37.7. The fourth-order valence-electron chi connectivity index (χ4n) is 6.72. The first-order chi connectivity index (χ1) is 25.1. The highest BCUT2D eigenvalue weighted by Crippen LogP contribution is 2.13. The van der Waals surface area contributed by atoms with E-state index in [9.17, 15) is 0 Å². The minimum atomic E-state index is 0.750. The molecule has 7 rings (SSSR count). The maximum Gasteiger partial charge on any atom is 0.0319 e. The van der Waals surface area contributed by atoms with Crippen molar-refractivity contribution in [2.45, 2.75) is 65.5 Å². The lowest BCUT2D eigenvalue weighted by atomic mass is 10.00. The van der Waals surface area contributed by atoms with Crippen molar-refractivity contribution in [2.24, 2.45) is 11.8 Å². The topological polar surface area (TPSA) is 62.0 Å². The predicted octanol–water partition coefficient (Wildman–Crippen LogP) is 2.86. The summed E-state index contributed by atoms with van der Waals surface area (Å²) in [6.45, 7) is 28.6. The van der Waals surface area contributed by atoms with Crippen LogP contribution in [0.3, 0.4) is 0 Å². The first-order valence-corrected chi connectivity index (χ1v) is 21.0. The Balaban J connectivity index is 0.000000309. The van der Waals surface area contributed by atoms with Gasteiger partial charge in [-0.05, 0) is 141 Å². The standard InChI is InChI=1S/C7H15N.C7H13N.2C6H14N2.C6H11N.2C5H12N2/c3*1-7-3-5-8(2)6-4-7;1-7-6-3-4-8(2)5-6;1-6-3-4-7(2)5-6;1-6-5-3-7(2)4-5;1-5-3-7(4-5)6-2/h7H,3-6H2,1-2H3;3H,4-6H2,1-2H3;3-6H2,1-2H3;6-7H,3-5H2,1-2H3;3H,4-5H2,1-2H3;2*5-6H,3-4H2,1-2H3. The number of hydrogen-bond acceptors (Lipinski definition) is 11. The van der Waals surface area contributed by atoms with Gasteiger partial charge in [0.15, 0.2) is 0 Å². The first-order valence-electron chi connectivity index (χ1n) is 21.0. The Morgan fingerprint density at radius 2 is 0.943 bits per heavy atom. The molecule has 0 aromatic heterocycles. The van der Waals surface area contributed by atoms with Crippen molar-refractivity contribution in [3.8, 4) is 0 Å². The highest BCUT2D eigenvalue weighted by atomic mass is 15.5. The second-order valence-electron chi connectivity index (χ2n) is 17.4. The molecule has 0 spiro atoms. The second-order valence-corrected chi connectivity index (χ2v) is 17.4. The van der Waals surface area contributed by atoms with Gasteiger partial charge >= 0.3 is 0 Å². The number of nitrogens with zero attached hydrogens (tertiary/aromatic N) is 8. The molecule has 5 saturated heterocycles. The summed E-state index contributed by atoms with van der Waals surface area (Å²) < 4.78 is 0. The van der Waals surface area contributed by atoms with Gasteiger partial charge in [-0.2, -0.15) is 0 Å². The molecule has 0 aromatic rings. The Kier molecular flexibility index (Phi) is 27.7. The van der Waals surface area contributed by atoms with Gasteiger partial charge in [-0.1, -0.05) is 37.1 Å². The minimum absolute atomic E-state index is 0.750. The van der Waals surface area contributed by atoms with Crippen LogP contribution in [0.25, 0.3) is 0 Å². The van der Waals surface area contributed by atoms with Gasteiger partial charge in [-0.15, -0.1) is 0 Å². The molecule has 0 bridgehead atoms. The van der Waals surface area contributed by atoms with Gasteiger partial charge in [0, 0.05) is 97.2 Å². The minimum Gasteiger partial charge on any atom is -0.316 e. The summed E-state index contributed by atoms with van der Waals surface area (Å²) in [7, 11) is 21.1. The number of hydrazine groups is 1. The third-order valence-corrected chi connectivity index (χ3v) is 11.3. The third kappa shape index (κ3) is 25.8. The molecule has 11 heteroatoms. The summed E-state index contributed by atoms with van der Waals surface area (Å²) in [5.74, 6) is 1.89. The SMILES string of the molecule is CC1=CCN(C)C1.CC1=CCN(C)CC1.CC1CCN(C)CC1.CN1CCN(C)CC1.CNC1CCN(C)C1.CNC1CN(C)C1.CNN1CC(C)C1. The summed E-state index contributed by atoms with van der Waals surface area (Å²) in [5.41, 5.74) is 6.11. The lowest BCUT2D eigenvalue weighted by Gasteiger charge is -2.35. The molecule has 7 heterocycles. The van der Waals surface area contributed by atoms with Crippen molar-refractivity contribution in [1.29, 1.82) is 0 Å². The summed E-state index contributed by atoms with van der Waals surface area (Å²) in [4.78, 5) is 16.4. The van der Waals surface area contributed by atoms with Crippen LogP contribution in [0.1, 0.15) is 53.4 Å². The normalized spacial score (nSPS) is 25.7. The predicted molar refractivity (Wildman–Crippen MR) is 233 cm³/mol. The molecule has 314 valence electrons. The van der Waals surface area contributed by atoms with Gasteiger partial charge in [0.05, 0.1) is 0 Å². The average Bonchev–Trinajstić information content (AvgIpc) is 3.73. The van der Waals surface area contributed by atoms with Crippen LogP contribution in [0.4, 0.5) is 0 Å². The Morgan fingerprint density at radius 1 is 0.472 bits per heavy atom. The van der Waals surface area contributed by atoms with Crippen molar-refractivity contribution in [2.75, 3.05) is 175 Å². The lowest BCUT2D eigenvalue weighted by Crippen LogP contribution is -2.54. The highest BCUT2D eigenvalue weighted by Gasteiger charge is 2.20. The van der Waals surface area contributed by atoms with Crippen LogP contribution in [0.2, 0.25) is 0 Å². The Labute approximate surface area is 330 Å². The zero-order chi connectivity index (χ0) is 39.8. The van der Waals surface area contributed by atoms with Gasteiger partial charge in [-0.3, -0.25) is 10.3 Å². The van der Waals surface area contributed by atoms with E-state index >= 15 is 0 Å². The van der Waals surface area contributed by atoms with E-state index in [0.717, 1.165) is 37.0 Å². The second kappa shape index (κ2) is 29.3. The summed E-state index contributed by atoms with van der Waals surface area (Å²) in [6.07, 6.45) is 9.93. The first kappa shape index (κ1) is 50.1. The Bertz CT molecular complexity index is 875. The number of likely N-dealkylation sites (tertiary alicyclic amines) is 3. The quantitative estimate of drug-likeness (QED) is 0.374. The van der Waals surface area contributed by atoms with E-state index in [0.29, 0.717) is 0 Å². The molecule has 0 aliphatic carbocycles. The van der Waals surface area contributed by atoms with Crippen molar-refractivity contribution in [1.82, 2.24) is 55.4 Å². The molecule has 0 radical (unpaired) electrons. The lowest BCUT2D eigenvalue weighted by molar-refractivity contribution is 0.0653. The molecular weight excluding hydrogens is 659 g/mol. The monoisotopic (exact) mass is 750 g/mol. The largest absolute Gasteiger partial charge is 0.316 e. The number of rotatable bonds is 3. The van der Waals surface area contributed by atoms with Crippen molar-refractivity contribution >= 4 is 0 Å². The molecule has 5 fully saturated rings. The molecule has 3 N–H and O–H groups in total. The van der Waals surface area contributed by atoms with Gasteiger partial charge < -0.3 is 40.0 Å². The number of piperazine rings is 1. The molecule has 0 aromatic carbocycles. The van der Waals surface area contributed by atoms with Crippen LogP contribution in [0.15, 0.2) is 23.3 Å². The van der Waals surface area contributed by atoms with Crippen molar-refractivity contribution < 1.29 is 0 Å². The van der Waals surface area contributed by atoms with Crippen LogP contribution in [0.5, 0.6) is 0 Å². The molecule has 0 amide bonds. The van der Waals surface area contributed by atoms with Crippen molar-refractivity contribution in [3.05, 3.63) is 23.3 Å². The van der Waals surface area contributed by atoms with Gasteiger partial charge in [0.1, 0.15) is 0 Å². The van der Waals surface area contributed by atoms with E-state index in [4.69, 9.17) is 0 Å². The molecule has 0 saturated carbocycles. The number of nitrogens with one attached hydrogen (secondary N) is 3. The Hall–Kier alpha value is -0.960. The average molecular weight is 750 g/mol. The van der Waals surface area contributed by atoms with E-state index in [2.05, 4.69) is 145 Å². The maximum atomic E-state index is 3.25. The molecular formula is C42H91N11. The third-order valence-electron chi connectivity index (χ3n) is 11.3. The molecule has 53 heavy (non-hydrogen) atoms. The zero-order valence-electron chi connectivity index (χ0n) is 37.7. The number of likely N-dealkylation sites (N-methyl/N-ethyl adjacent to an activating group) is 8. The fourth-order valence-corrected chi connectivity index (χ4v) is 6.72. The number of hydrogen-bond donors (Lipinski definition) is 3. The van der Waals surface area contributed by atoms with E-state index in [1.54, 1.807) is 5.57 Å². The van der Waals surface area contributed by atoms with Crippen LogP contribution in [-0.4, -0.2) is 227 Å². The van der Waals surface area contributed by atoms with Crippen LogP contribution < -0.4 is 16.1 Å². The summed E-state index contributed by atoms with van der Waals surface area (Å²) in [5, 5.41) is 8.64. The molecule has 7 aliphatic rings. The fraction of sp³-hybridized carbons (Fsp3) is 0.905. The summed E-state index contributed by atoms with van der Waals surface area (Å²) in [6, 6.07) is 1.52. The molecule has 7 aliphatic heterocycles. The van der Waals surface area contributed by atoms with E-state index < -0.39 is 0 Å². The van der Waals surface area contributed by atoms with Crippen molar-refractivity contribution in [3.63, 3.8) is 0 Å². The van der Waals surface area contributed by atoms with E-state index in [-0.39, 0.29) is 0 Å². The van der Waals surface area contributed by atoms with Crippen LogP contribution in [0, 0.1) is 11.8 Å². The van der Waals surface area contributed by atoms with Gasteiger partial charge in [0.25, 0.3) is 0 Å². The molecule has 1 atom stereocenters. The highest BCUT2D eigenvalue weighted by molar-refractivity contribution is 5.07. The molecule has 11 nitrogen and oxygen atoms in total. The maximum absolute atomic E-state index is 3.25.